The minimum absolute atomic E-state index is 0.0409. The van der Waals surface area contributed by atoms with Crippen LogP contribution in [-0.2, 0) is 17.9 Å². The number of aliphatic carboxylic acids is 1. The number of hydrogen-bond donors (Lipinski definition) is 1. The molecule has 214 valence electrons. The number of ketones is 1. The van der Waals surface area contributed by atoms with E-state index in [4.69, 9.17) is 21.3 Å². The molecular weight excluding hydrogens is 548 g/mol. The second kappa shape index (κ2) is 10.9. The van der Waals surface area contributed by atoms with Crippen molar-refractivity contribution in [1.82, 2.24) is 9.55 Å². The second-order valence-corrected chi connectivity index (χ2v) is 12.7. The van der Waals surface area contributed by atoms with Gasteiger partial charge in [-0.15, -0.1) is 0 Å². The first-order valence-electron chi connectivity index (χ1n) is 14.2. The largest absolute Gasteiger partial charge is 0.487 e. The van der Waals surface area contributed by atoms with E-state index in [9.17, 15) is 14.7 Å². The monoisotopic (exact) mass is 580 g/mol. The van der Waals surface area contributed by atoms with Gasteiger partial charge in [-0.2, -0.15) is 0 Å². The number of carboxylic acids is 1. The summed E-state index contributed by atoms with van der Waals surface area (Å²) in [6, 6.07) is 25.4. The predicted octanol–water partition coefficient (Wildman–Crippen LogP) is 8.28. The number of benzene rings is 3. The van der Waals surface area contributed by atoms with Gasteiger partial charge in [0.05, 0.1) is 17.6 Å². The molecule has 2 unspecified atom stereocenters. The molecule has 0 spiro atoms. The maximum atomic E-state index is 14.2. The quantitative estimate of drug-likeness (QED) is 0.209. The summed E-state index contributed by atoms with van der Waals surface area (Å²) in [6.07, 6.45) is 0.455. The maximum absolute atomic E-state index is 14.2. The first-order chi connectivity index (χ1) is 20.1. The van der Waals surface area contributed by atoms with Crippen LogP contribution in [0.1, 0.15) is 66.8 Å². The van der Waals surface area contributed by atoms with Crippen molar-refractivity contribution in [2.75, 3.05) is 0 Å². The van der Waals surface area contributed by atoms with Crippen LogP contribution in [-0.4, -0.2) is 26.4 Å². The average molecular weight is 581 g/mol. The van der Waals surface area contributed by atoms with E-state index in [2.05, 4.69) is 25.3 Å². The van der Waals surface area contributed by atoms with E-state index in [1.807, 2.05) is 78.9 Å². The van der Waals surface area contributed by atoms with Gasteiger partial charge in [0.1, 0.15) is 12.4 Å². The van der Waals surface area contributed by atoms with Gasteiger partial charge in [0.15, 0.2) is 5.78 Å². The molecule has 1 aliphatic rings. The third kappa shape index (κ3) is 5.39. The molecule has 7 heteroatoms. The number of rotatable bonds is 7. The van der Waals surface area contributed by atoms with E-state index in [0.717, 1.165) is 38.8 Å². The van der Waals surface area contributed by atoms with Gasteiger partial charge < -0.3 is 14.4 Å². The molecule has 2 heterocycles. The van der Waals surface area contributed by atoms with Gasteiger partial charge in [-0.1, -0.05) is 68.8 Å². The highest BCUT2D eigenvalue weighted by molar-refractivity contribution is 6.30. The Morgan fingerprint density at radius 3 is 2.55 bits per heavy atom. The Bertz CT molecular complexity index is 1820. The van der Waals surface area contributed by atoms with Crippen LogP contribution < -0.4 is 4.74 Å². The van der Waals surface area contributed by atoms with Crippen molar-refractivity contribution in [3.8, 4) is 5.75 Å². The minimum atomic E-state index is -0.872. The number of ether oxygens (including phenoxy) is 1. The lowest BCUT2D eigenvalue weighted by Crippen LogP contribution is -2.36. The molecule has 3 aromatic carbocycles. The van der Waals surface area contributed by atoms with Crippen LogP contribution in [0.25, 0.3) is 21.8 Å². The van der Waals surface area contributed by atoms with Crippen LogP contribution >= 0.6 is 11.6 Å². The van der Waals surface area contributed by atoms with Crippen molar-refractivity contribution in [3.05, 3.63) is 106 Å². The summed E-state index contributed by atoms with van der Waals surface area (Å²) in [5, 5.41) is 12.4. The van der Waals surface area contributed by atoms with Crippen LogP contribution in [0, 0.1) is 11.3 Å². The molecule has 0 aliphatic heterocycles. The molecule has 1 N–H and O–H groups in total. The minimum Gasteiger partial charge on any atom is -0.487 e. The van der Waals surface area contributed by atoms with Crippen molar-refractivity contribution in [3.63, 3.8) is 0 Å². The number of Topliss-reactive ketones (excluding diaryl/α,β-unsaturated/α-hetero) is 1. The molecule has 0 fully saturated rings. The third-order valence-electron chi connectivity index (χ3n) is 8.31. The van der Waals surface area contributed by atoms with E-state index in [1.54, 1.807) is 0 Å². The lowest BCUT2D eigenvalue weighted by molar-refractivity contribution is -0.137. The van der Waals surface area contributed by atoms with E-state index >= 15 is 0 Å². The van der Waals surface area contributed by atoms with Crippen LogP contribution in [0.2, 0.25) is 5.02 Å². The Balaban J connectivity index is 1.45. The molecular formula is C35H33ClN2O4. The molecule has 2 aromatic heterocycles. The molecule has 0 bridgehead atoms. The van der Waals surface area contributed by atoms with E-state index < -0.39 is 5.97 Å². The summed E-state index contributed by atoms with van der Waals surface area (Å²) >= 11 is 6.15. The molecule has 6 rings (SSSR count). The van der Waals surface area contributed by atoms with Crippen LogP contribution in [0.4, 0.5) is 0 Å². The fraction of sp³-hybridized carbons (Fsp3) is 0.286. The molecule has 6 nitrogen and oxygen atoms in total. The summed E-state index contributed by atoms with van der Waals surface area (Å²) in [7, 11) is 0. The molecule has 0 saturated carbocycles. The smallest absolute Gasteiger partial charge is 0.304 e. The van der Waals surface area contributed by atoms with Crippen molar-refractivity contribution in [2.45, 2.75) is 52.7 Å². The van der Waals surface area contributed by atoms with Gasteiger partial charge in [0.25, 0.3) is 0 Å². The van der Waals surface area contributed by atoms with Crippen molar-refractivity contribution >= 4 is 45.2 Å². The van der Waals surface area contributed by atoms with E-state index in [-0.39, 0.29) is 36.1 Å². The summed E-state index contributed by atoms with van der Waals surface area (Å²) in [6.45, 7) is 6.93. The zero-order valence-corrected chi connectivity index (χ0v) is 24.7. The fourth-order valence-electron chi connectivity index (χ4n) is 6.23. The predicted molar refractivity (Wildman–Crippen MR) is 165 cm³/mol. The van der Waals surface area contributed by atoms with Gasteiger partial charge in [-0.25, -0.2) is 4.98 Å². The number of para-hydroxylation sites is 1. The fourth-order valence-corrected chi connectivity index (χ4v) is 6.36. The Morgan fingerprint density at radius 2 is 1.81 bits per heavy atom. The van der Waals surface area contributed by atoms with E-state index in [1.165, 1.54) is 0 Å². The Hall–Kier alpha value is -4.16. The molecule has 1 aliphatic carbocycles. The summed E-state index contributed by atoms with van der Waals surface area (Å²) in [4.78, 5) is 31.0. The second-order valence-electron chi connectivity index (χ2n) is 12.2. The summed E-state index contributed by atoms with van der Waals surface area (Å²) in [5.74, 6) is -0.777. The lowest BCUT2D eigenvalue weighted by atomic mass is 9.67. The molecule has 2 atom stereocenters. The van der Waals surface area contributed by atoms with E-state index in [0.29, 0.717) is 29.3 Å². The maximum Gasteiger partial charge on any atom is 0.304 e. The molecule has 42 heavy (non-hydrogen) atoms. The Labute approximate surface area is 249 Å². The first-order valence-corrected chi connectivity index (χ1v) is 14.6. The highest BCUT2D eigenvalue weighted by Crippen LogP contribution is 2.48. The number of carbonyl (C=O) groups is 2. The zero-order chi connectivity index (χ0) is 29.6. The first kappa shape index (κ1) is 28.0. The molecule has 0 saturated heterocycles. The SMILES string of the molecule is CC(C)(C)C1CC(CC(=O)O)c2c(c3cc(OCc4ccc5ccccc5n4)ccc3n2Cc2ccc(Cl)cc2)C1=O. The summed E-state index contributed by atoms with van der Waals surface area (Å²) < 4.78 is 8.33. The highest BCUT2D eigenvalue weighted by atomic mass is 35.5. The highest BCUT2D eigenvalue weighted by Gasteiger charge is 2.43. The normalized spacial score (nSPS) is 17.0. The number of aromatic nitrogens is 2. The summed E-state index contributed by atoms with van der Waals surface area (Å²) in [5.41, 5.74) is 4.70. The standard InChI is InChI=1S/C35H33ClN2O4/c1-35(2,3)28-16-23(17-31(39)40)33-32(34(28)41)27-18-26(42-20-25-13-10-22-6-4-5-7-29(22)37-25)14-15-30(27)38(33)19-21-8-11-24(36)12-9-21/h4-15,18,23,28H,16-17,19-20H2,1-3H3,(H,39,40). The van der Waals surface area contributed by atoms with Crippen LogP contribution in [0.15, 0.2) is 78.9 Å². The van der Waals surface area contributed by atoms with Gasteiger partial charge in [0, 0.05) is 50.9 Å². The van der Waals surface area contributed by atoms with Crippen molar-refractivity contribution < 1.29 is 19.4 Å². The van der Waals surface area contributed by atoms with Crippen LogP contribution in [0.3, 0.4) is 0 Å². The lowest BCUT2D eigenvalue weighted by Gasteiger charge is -2.37. The molecule has 0 amide bonds. The number of pyridine rings is 1. The zero-order valence-electron chi connectivity index (χ0n) is 23.9. The Morgan fingerprint density at radius 1 is 1.05 bits per heavy atom. The number of halogens is 1. The third-order valence-corrected chi connectivity index (χ3v) is 8.56. The topological polar surface area (TPSA) is 81.4 Å². The number of nitrogens with zero attached hydrogens (tertiary/aromatic N) is 2. The number of carboxylic acid groups (broad SMARTS) is 1. The number of fused-ring (bicyclic) bond motifs is 4. The Kier molecular flexibility index (Phi) is 7.27. The van der Waals surface area contributed by atoms with Gasteiger partial charge >= 0.3 is 5.97 Å². The molecule has 0 radical (unpaired) electrons. The van der Waals surface area contributed by atoms with Gasteiger partial charge in [-0.05, 0) is 59.9 Å². The number of hydrogen-bond acceptors (Lipinski definition) is 4. The van der Waals surface area contributed by atoms with Crippen molar-refractivity contribution in [1.29, 1.82) is 0 Å². The average Bonchev–Trinajstić information content (AvgIpc) is 3.27. The van der Waals surface area contributed by atoms with Gasteiger partial charge in [0.2, 0.25) is 0 Å². The van der Waals surface area contributed by atoms with Crippen molar-refractivity contribution in [2.24, 2.45) is 11.3 Å². The molecule has 5 aromatic rings. The number of carbonyl (C=O) groups excluding carboxylic acids is 1. The van der Waals surface area contributed by atoms with Gasteiger partial charge in [-0.3, -0.25) is 9.59 Å². The van der Waals surface area contributed by atoms with Crippen LogP contribution in [0.5, 0.6) is 5.75 Å².